The van der Waals surface area contributed by atoms with Crippen LogP contribution in [0.2, 0.25) is 0 Å². The van der Waals surface area contributed by atoms with Crippen LogP contribution >= 0.6 is 0 Å². The number of ether oxygens (including phenoxy) is 1. The van der Waals surface area contributed by atoms with Gasteiger partial charge in [-0.25, -0.2) is 0 Å². The number of carbonyl (C=O) groups excluding carboxylic acids is 1. The Labute approximate surface area is 110 Å². The van der Waals surface area contributed by atoms with E-state index in [9.17, 15) is 4.79 Å². The summed E-state index contributed by atoms with van der Waals surface area (Å²) in [6.45, 7) is 6.23. The fourth-order valence-corrected chi connectivity index (χ4v) is 2.42. The Morgan fingerprint density at radius 1 is 1.33 bits per heavy atom. The zero-order valence-corrected chi connectivity index (χ0v) is 11.6. The fraction of sp³-hybridized carbons (Fsp3) is 0.533. The maximum absolute atomic E-state index is 12.0. The van der Waals surface area contributed by atoms with E-state index >= 15 is 0 Å². The molecule has 2 rings (SSSR count). The predicted octanol–water partition coefficient (Wildman–Crippen LogP) is 3.05. The highest BCUT2D eigenvalue weighted by atomic mass is 16.5. The summed E-state index contributed by atoms with van der Waals surface area (Å²) in [5.74, 6) is 0.106. The quantitative estimate of drug-likeness (QED) is 0.561. The van der Waals surface area contributed by atoms with Crippen molar-refractivity contribution in [2.45, 2.75) is 52.1 Å². The van der Waals surface area contributed by atoms with Crippen LogP contribution in [0.25, 0.3) is 0 Å². The zero-order valence-electron chi connectivity index (χ0n) is 11.6. The van der Waals surface area contributed by atoms with E-state index in [1.807, 2.05) is 26.0 Å². The summed E-state index contributed by atoms with van der Waals surface area (Å²) in [7, 11) is 0.804. The Balaban J connectivity index is 2.06. The monoisotopic (exact) mass is 244 g/mol. The van der Waals surface area contributed by atoms with E-state index in [2.05, 4.69) is 6.92 Å². The van der Waals surface area contributed by atoms with E-state index in [4.69, 9.17) is 4.74 Å². The molecule has 0 aromatic carbocycles. The summed E-state index contributed by atoms with van der Waals surface area (Å²) in [5.41, 5.74) is 2.54. The molecule has 0 saturated carbocycles. The van der Waals surface area contributed by atoms with Crippen molar-refractivity contribution < 1.29 is 9.53 Å². The highest BCUT2D eigenvalue weighted by Gasteiger charge is 2.29. The van der Waals surface area contributed by atoms with E-state index in [0.717, 1.165) is 31.4 Å². The van der Waals surface area contributed by atoms with Crippen LogP contribution in [0.3, 0.4) is 0 Å². The first-order valence-corrected chi connectivity index (χ1v) is 6.87. The normalized spacial score (nSPS) is 21.1. The highest BCUT2D eigenvalue weighted by molar-refractivity contribution is 6.56. The summed E-state index contributed by atoms with van der Waals surface area (Å²) < 4.78 is 5.92. The van der Waals surface area contributed by atoms with Crippen molar-refractivity contribution in [1.29, 1.82) is 0 Å². The average Bonchev–Trinajstić information content (AvgIpc) is 2.27. The lowest BCUT2D eigenvalue weighted by atomic mass is 9.60. The molecule has 0 aromatic heterocycles. The van der Waals surface area contributed by atoms with Gasteiger partial charge in [0.1, 0.15) is 5.60 Å². The molecule has 0 N–H and O–H groups in total. The highest BCUT2D eigenvalue weighted by Crippen LogP contribution is 2.30. The molecular formula is C15H21BO2. The number of unbranched alkanes of at least 4 members (excludes halogenated alkanes) is 2. The molecule has 2 aliphatic rings. The van der Waals surface area contributed by atoms with Gasteiger partial charge in [-0.15, -0.1) is 0 Å². The van der Waals surface area contributed by atoms with Crippen LogP contribution < -0.4 is 0 Å². The lowest BCUT2D eigenvalue weighted by Crippen LogP contribution is -2.30. The molecule has 2 aliphatic heterocycles. The minimum Gasteiger partial charge on any atom is -0.497 e. The van der Waals surface area contributed by atoms with Crippen molar-refractivity contribution in [3.05, 3.63) is 34.9 Å². The second-order valence-corrected chi connectivity index (χ2v) is 5.68. The van der Waals surface area contributed by atoms with E-state index in [1.165, 1.54) is 18.3 Å². The predicted molar refractivity (Wildman–Crippen MR) is 75.7 cm³/mol. The first-order chi connectivity index (χ1) is 8.52. The number of allylic oxidation sites excluding steroid dienone is 4. The van der Waals surface area contributed by atoms with Crippen LogP contribution in [-0.2, 0) is 9.53 Å². The Morgan fingerprint density at radius 3 is 2.83 bits per heavy atom. The SMILES string of the molecule is CCCCCC1=CC(=O)C2=C(B1)OC(C)(C)C=C2. The second-order valence-electron chi connectivity index (χ2n) is 5.68. The van der Waals surface area contributed by atoms with Crippen LogP contribution in [0.5, 0.6) is 0 Å². The van der Waals surface area contributed by atoms with Crippen molar-refractivity contribution in [1.82, 2.24) is 0 Å². The molecule has 2 heterocycles. The Bertz CT molecular complexity index is 441. The summed E-state index contributed by atoms with van der Waals surface area (Å²) in [6, 6.07) is 0. The maximum atomic E-state index is 12.0. The van der Waals surface area contributed by atoms with Gasteiger partial charge < -0.3 is 4.74 Å². The van der Waals surface area contributed by atoms with E-state index in [-0.39, 0.29) is 11.4 Å². The molecule has 0 atom stereocenters. The topological polar surface area (TPSA) is 26.3 Å². The molecule has 0 fully saturated rings. The molecule has 0 radical (unpaired) electrons. The van der Waals surface area contributed by atoms with Gasteiger partial charge in [0.15, 0.2) is 5.78 Å². The molecular weight excluding hydrogens is 223 g/mol. The lowest BCUT2D eigenvalue weighted by Gasteiger charge is -2.31. The van der Waals surface area contributed by atoms with Gasteiger partial charge in [-0.05, 0) is 38.5 Å². The average molecular weight is 244 g/mol. The Kier molecular flexibility index (Phi) is 3.79. The van der Waals surface area contributed by atoms with Gasteiger partial charge in [0, 0.05) is 5.57 Å². The third kappa shape index (κ3) is 2.95. The van der Waals surface area contributed by atoms with Crippen LogP contribution in [-0.4, -0.2) is 18.7 Å². The van der Waals surface area contributed by atoms with Crippen LogP contribution in [0.15, 0.2) is 34.9 Å². The molecule has 0 amide bonds. The fourth-order valence-electron chi connectivity index (χ4n) is 2.42. The van der Waals surface area contributed by atoms with Gasteiger partial charge in [0.2, 0.25) is 7.28 Å². The second kappa shape index (κ2) is 5.17. The minimum absolute atomic E-state index is 0.106. The maximum Gasteiger partial charge on any atom is 0.233 e. The van der Waals surface area contributed by atoms with E-state index in [0.29, 0.717) is 0 Å². The minimum atomic E-state index is -0.287. The first-order valence-electron chi connectivity index (χ1n) is 6.87. The largest absolute Gasteiger partial charge is 0.497 e. The molecule has 18 heavy (non-hydrogen) atoms. The van der Waals surface area contributed by atoms with E-state index in [1.54, 1.807) is 6.08 Å². The molecule has 0 aliphatic carbocycles. The molecule has 3 heteroatoms. The number of hydrogen-bond donors (Lipinski definition) is 0. The molecule has 0 unspecified atom stereocenters. The number of ketones is 1. The number of hydrogen-bond acceptors (Lipinski definition) is 2. The molecule has 0 saturated heterocycles. The van der Waals surface area contributed by atoms with Gasteiger partial charge in [-0.2, -0.15) is 0 Å². The summed E-state index contributed by atoms with van der Waals surface area (Å²) in [6.07, 6.45) is 10.3. The number of rotatable bonds is 4. The Hall–Kier alpha value is -1.25. The van der Waals surface area contributed by atoms with Crippen LogP contribution in [0.4, 0.5) is 0 Å². The smallest absolute Gasteiger partial charge is 0.233 e. The molecule has 96 valence electrons. The molecule has 0 bridgehead atoms. The number of carbonyl (C=O) groups is 1. The lowest BCUT2D eigenvalue weighted by molar-refractivity contribution is -0.111. The van der Waals surface area contributed by atoms with Crippen molar-refractivity contribution in [3.63, 3.8) is 0 Å². The van der Waals surface area contributed by atoms with E-state index < -0.39 is 0 Å². The first kappa shape index (κ1) is 13.2. The molecule has 0 aromatic rings. The third-order valence-corrected chi connectivity index (χ3v) is 3.43. The van der Waals surface area contributed by atoms with Crippen molar-refractivity contribution in [2.24, 2.45) is 0 Å². The third-order valence-electron chi connectivity index (χ3n) is 3.43. The van der Waals surface area contributed by atoms with Gasteiger partial charge in [-0.3, -0.25) is 4.79 Å². The van der Waals surface area contributed by atoms with Crippen molar-refractivity contribution >= 4 is 13.1 Å². The van der Waals surface area contributed by atoms with Crippen LogP contribution in [0, 0.1) is 0 Å². The summed E-state index contributed by atoms with van der Waals surface area (Å²) >= 11 is 0. The summed E-state index contributed by atoms with van der Waals surface area (Å²) in [4.78, 5) is 12.0. The van der Waals surface area contributed by atoms with Crippen molar-refractivity contribution in [3.8, 4) is 0 Å². The van der Waals surface area contributed by atoms with Gasteiger partial charge in [-0.1, -0.05) is 31.7 Å². The molecule has 0 spiro atoms. The Morgan fingerprint density at radius 2 is 2.11 bits per heavy atom. The van der Waals surface area contributed by atoms with Crippen molar-refractivity contribution in [2.75, 3.05) is 0 Å². The molecule has 2 nitrogen and oxygen atoms in total. The van der Waals surface area contributed by atoms with Gasteiger partial charge >= 0.3 is 0 Å². The standard InChI is InChI=1S/C15H21BO2/c1-4-5-6-7-11-10-13(17)12-8-9-15(2,3)18-14(12)16-11/h8-10,16H,4-7H2,1-3H3. The summed E-state index contributed by atoms with van der Waals surface area (Å²) in [5, 5.41) is 0. The van der Waals surface area contributed by atoms with Gasteiger partial charge in [0.25, 0.3) is 0 Å². The van der Waals surface area contributed by atoms with Crippen LogP contribution in [0.1, 0.15) is 46.5 Å². The van der Waals surface area contributed by atoms with Gasteiger partial charge in [0.05, 0.1) is 5.66 Å². The zero-order chi connectivity index (χ0) is 13.2.